The van der Waals surface area contributed by atoms with Gasteiger partial charge in [0.15, 0.2) is 0 Å². The van der Waals surface area contributed by atoms with Gasteiger partial charge in [0.05, 0.1) is 11.4 Å². The molecule has 4 nitrogen and oxygen atoms in total. The van der Waals surface area contributed by atoms with Crippen LogP contribution >= 0.6 is 11.6 Å². The minimum Gasteiger partial charge on any atom is -0.411 e. The van der Waals surface area contributed by atoms with Crippen molar-refractivity contribution in [1.82, 2.24) is 0 Å². The summed E-state index contributed by atoms with van der Waals surface area (Å²) < 4.78 is 0. The Morgan fingerprint density at radius 1 is 1.20 bits per heavy atom. The lowest BCUT2D eigenvalue weighted by Gasteiger charge is -2.10. The highest BCUT2D eigenvalue weighted by Crippen LogP contribution is 2.18. The molecule has 0 atom stereocenters. The first-order valence-corrected chi connectivity index (χ1v) is 6.34. The van der Waals surface area contributed by atoms with Gasteiger partial charge in [-0.1, -0.05) is 41.0 Å². The highest BCUT2D eigenvalue weighted by molar-refractivity contribution is 6.31. The van der Waals surface area contributed by atoms with Crippen LogP contribution in [0.1, 0.15) is 22.8 Å². The maximum Gasteiger partial charge on any atom is 0.255 e. The Kier molecular flexibility index (Phi) is 4.38. The summed E-state index contributed by atoms with van der Waals surface area (Å²) in [6.07, 6.45) is 0. The van der Waals surface area contributed by atoms with Crippen LogP contribution in [0.15, 0.2) is 53.7 Å². The van der Waals surface area contributed by atoms with E-state index in [4.69, 9.17) is 16.8 Å². The zero-order chi connectivity index (χ0) is 14.5. The Bertz CT molecular complexity index is 668. The van der Waals surface area contributed by atoms with E-state index < -0.39 is 0 Å². The number of carbonyl (C=O) groups excluding carboxylic acids is 1. The molecule has 0 saturated heterocycles. The predicted octanol–water partition coefficient (Wildman–Crippen LogP) is 3.79. The van der Waals surface area contributed by atoms with E-state index in [1.165, 1.54) is 0 Å². The Morgan fingerprint density at radius 3 is 2.65 bits per heavy atom. The van der Waals surface area contributed by atoms with Crippen molar-refractivity contribution in [3.05, 3.63) is 64.7 Å². The second-order valence-corrected chi connectivity index (χ2v) is 4.63. The van der Waals surface area contributed by atoms with Gasteiger partial charge >= 0.3 is 0 Å². The van der Waals surface area contributed by atoms with Crippen LogP contribution in [0.3, 0.4) is 0 Å². The predicted molar refractivity (Wildman–Crippen MR) is 79.8 cm³/mol. The molecule has 20 heavy (non-hydrogen) atoms. The molecule has 2 rings (SSSR count). The lowest BCUT2D eigenvalue weighted by atomic mass is 10.1. The molecule has 0 saturated carbocycles. The summed E-state index contributed by atoms with van der Waals surface area (Å²) in [4.78, 5) is 12.2. The fourth-order valence-electron chi connectivity index (χ4n) is 1.79. The average Bonchev–Trinajstić information content (AvgIpc) is 2.47. The maximum atomic E-state index is 12.2. The number of hydrogen-bond acceptors (Lipinski definition) is 3. The summed E-state index contributed by atoms with van der Waals surface area (Å²) in [5.41, 5.74) is 2.12. The van der Waals surface area contributed by atoms with Crippen LogP contribution in [0.5, 0.6) is 0 Å². The summed E-state index contributed by atoms with van der Waals surface area (Å²) >= 11 is 5.86. The molecule has 2 aromatic rings. The summed E-state index contributed by atoms with van der Waals surface area (Å²) in [6, 6.07) is 13.8. The first-order chi connectivity index (χ1) is 9.61. The highest BCUT2D eigenvalue weighted by atomic mass is 35.5. The summed E-state index contributed by atoms with van der Waals surface area (Å²) in [5, 5.41) is 15.3. The van der Waals surface area contributed by atoms with Crippen LogP contribution in [-0.4, -0.2) is 16.8 Å². The number of hydrogen-bond donors (Lipinski definition) is 2. The minimum atomic E-state index is -0.273. The number of anilines is 1. The smallest absolute Gasteiger partial charge is 0.255 e. The molecule has 0 fully saturated rings. The van der Waals surface area contributed by atoms with Gasteiger partial charge in [0.2, 0.25) is 0 Å². The first kappa shape index (κ1) is 14.1. The van der Waals surface area contributed by atoms with E-state index in [0.29, 0.717) is 27.5 Å². The molecule has 0 aromatic heterocycles. The van der Waals surface area contributed by atoms with E-state index >= 15 is 0 Å². The number of benzene rings is 2. The summed E-state index contributed by atoms with van der Waals surface area (Å²) in [5.74, 6) is -0.273. The number of oxime groups is 1. The lowest BCUT2D eigenvalue weighted by molar-refractivity contribution is 0.102. The molecule has 2 N–H and O–H groups in total. The van der Waals surface area contributed by atoms with Crippen molar-refractivity contribution in [2.24, 2.45) is 5.16 Å². The third-order valence-electron chi connectivity index (χ3n) is 2.80. The Morgan fingerprint density at radius 2 is 1.95 bits per heavy atom. The molecule has 0 heterocycles. The SMILES string of the molecule is C/C(=N\O)c1ccccc1NC(=O)c1cccc(Cl)c1. The first-order valence-electron chi connectivity index (χ1n) is 5.97. The van der Waals surface area contributed by atoms with Gasteiger partial charge in [-0.05, 0) is 31.2 Å². The highest BCUT2D eigenvalue weighted by Gasteiger charge is 2.10. The van der Waals surface area contributed by atoms with Crippen LogP contribution in [0.4, 0.5) is 5.69 Å². The topological polar surface area (TPSA) is 61.7 Å². The normalized spacial score (nSPS) is 11.2. The van der Waals surface area contributed by atoms with Crippen molar-refractivity contribution in [3.8, 4) is 0 Å². The number of halogens is 1. The average molecular weight is 289 g/mol. The van der Waals surface area contributed by atoms with Crippen LogP contribution < -0.4 is 5.32 Å². The van der Waals surface area contributed by atoms with E-state index in [0.717, 1.165) is 0 Å². The molecule has 0 radical (unpaired) electrons. The van der Waals surface area contributed by atoms with E-state index in [-0.39, 0.29) is 5.91 Å². The van der Waals surface area contributed by atoms with Crippen LogP contribution in [-0.2, 0) is 0 Å². The fourth-order valence-corrected chi connectivity index (χ4v) is 1.98. The van der Waals surface area contributed by atoms with Gasteiger partial charge in [-0.3, -0.25) is 4.79 Å². The molecule has 1 amide bonds. The summed E-state index contributed by atoms with van der Waals surface area (Å²) in [6.45, 7) is 1.66. The zero-order valence-corrected chi connectivity index (χ0v) is 11.6. The molecule has 0 unspecified atom stereocenters. The molecule has 5 heteroatoms. The van der Waals surface area contributed by atoms with Crippen LogP contribution in [0.2, 0.25) is 5.02 Å². The third kappa shape index (κ3) is 3.16. The minimum absolute atomic E-state index is 0.273. The van der Waals surface area contributed by atoms with E-state index in [9.17, 15) is 4.79 Å². The molecule has 0 aliphatic rings. The molecule has 0 bridgehead atoms. The number of rotatable bonds is 3. The fraction of sp³-hybridized carbons (Fsp3) is 0.0667. The number of nitrogens with one attached hydrogen (secondary N) is 1. The third-order valence-corrected chi connectivity index (χ3v) is 3.04. The molecule has 0 spiro atoms. The zero-order valence-electron chi connectivity index (χ0n) is 10.8. The van der Waals surface area contributed by atoms with Crippen molar-refractivity contribution >= 4 is 28.9 Å². The van der Waals surface area contributed by atoms with E-state index in [1.807, 2.05) is 0 Å². The van der Waals surface area contributed by atoms with Crippen molar-refractivity contribution in [2.75, 3.05) is 5.32 Å². The van der Waals surface area contributed by atoms with Crippen molar-refractivity contribution in [2.45, 2.75) is 6.92 Å². The number of amides is 1. The van der Waals surface area contributed by atoms with Gasteiger partial charge in [-0.25, -0.2) is 0 Å². The largest absolute Gasteiger partial charge is 0.411 e. The molecule has 0 aliphatic heterocycles. The Balaban J connectivity index is 2.29. The van der Waals surface area contributed by atoms with Crippen LogP contribution in [0, 0.1) is 0 Å². The van der Waals surface area contributed by atoms with Gasteiger partial charge in [0.1, 0.15) is 0 Å². The molecular formula is C15H13ClN2O2. The standard InChI is InChI=1S/C15H13ClN2O2/c1-10(18-20)13-7-2-3-8-14(13)17-15(19)11-5-4-6-12(16)9-11/h2-9,20H,1H3,(H,17,19)/b18-10+. The lowest BCUT2D eigenvalue weighted by Crippen LogP contribution is -2.14. The van der Waals surface area contributed by atoms with E-state index in [1.54, 1.807) is 55.5 Å². The molecule has 0 aliphatic carbocycles. The van der Waals surface area contributed by atoms with Crippen molar-refractivity contribution in [3.63, 3.8) is 0 Å². The number of carbonyl (C=O) groups is 1. The molecular weight excluding hydrogens is 276 g/mol. The quantitative estimate of drug-likeness (QED) is 0.513. The Hall–Kier alpha value is -2.33. The van der Waals surface area contributed by atoms with Crippen LogP contribution in [0.25, 0.3) is 0 Å². The van der Waals surface area contributed by atoms with Gasteiger partial charge < -0.3 is 10.5 Å². The van der Waals surface area contributed by atoms with E-state index in [2.05, 4.69) is 10.5 Å². The second-order valence-electron chi connectivity index (χ2n) is 4.20. The summed E-state index contributed by atoms with van der Waals surface area (Å²) in [7, 11) is 0. The van der Waals surface area contributed by atoms with Gasteiger partial charge in [0, 0.05) is 16.1 Å². The molecule has 2 aromatic carbocycles. The number of para-hydroxylation sites is 1. The second kappa shape index (κ2) is 6.21. The number of nitrogens with zero attached hydrogens (tertiary/aromatic N) is 1. The van der Waals surface area contributed by atoms with Crippen molar-refractivity contribution < 1.29 is 10.0 Å². The van der Waals surface area contributed by atoms with Gasteiger partial charge in [-0.2, -0.15) is 0 Å². The molecule has 102 valence electrons. The monoisotopic (exact) mass is 288 g/mol. The Labute approximate surface area is 121 Å². The van der Waals surface area contributed by atoms with Gasteiger partial charge in [-0.15, -0.1) is 0 Å². The van der Waals surface area contributed by atoms with Gasteiger partial charge in [0.25, 0.3) is 5.91 Å². The maximum absolute atomic E-state index is 12.2. The van der Waals surface area contributed by atoms with Crippen molar-refractivity contribution in [1.29, 1.82) is 0 Å².